The second-order valence-corrected chi connectivity index (χ2v) is 10.1. The summed E-state index contributed by atoms with van der Waals surface area (Å²) in [7, 11) is 0. The quantitative estimate of drug-likeness (QED) is 0.363. The maximum atomic E-state index is 13.2. The summed E-state index contributed by atoms with van der Waals surface area (Å²) in [5, 5.41) is 15.8. The molecule has 4 heterocycles. The summed E-state index contributed by atoms with van der Waals surface area (Å²) in [6.45, 7) is 0.417. The average Bonchev–Trinajstić information content (AvgIpc) is 3.27. The van der Waals surface area contributed by atoms with E-state index < -0.39 is 36.3 Å². The van der Waals surface area contributed by atoms with Crippen LogP contribution in [0.5, 0.6) is 0 Å². The highest BCUT2D eigenvalue weighted by Gasteiger charge is 2.34. The number of ether oxygens (including phenoxy) is 1. The maximum Gasteiger partial charge on any atom is 0.433 e. The smallest absolute Gasteiger partial charge is 0.394 e. The summed E-state index contributed by atoms with van der Waals surface area (Å²) in [4.78, 5) is 39.6. The number of halogens is 4. The Morgan fingerprint density at radius 2 is 1.98 bits per heavy atom. The number of amides is 2. The lowest BCUT2D eigenvalue weighted by molar-refractivity contribution is -0.141. The van der Waals surface area contributed by atoms with Gasteiger partial charge in [0.15, 0.2) is 0 Å². The number of aliphatic hydroxyl groups excluding tert-OH is 1. The second kappa shape index (κ2) is 12.0. The summed E-state index contributed by atoms with van der Waals surface area (Å²) in [6, 6.07) is 7.41. The number of fused-ring (bicyclic) bond motifs is 1. The van der Waals surface area contributed by atoms with Crippen LogP contribution in [0, 0.1) is 0 Å². The van der Waals surface area contributed by atoms with E-state index in [0.29, 0.717) is 46.6 Å². The van der Waals surface area contributed by atoms with Gasteiger partial charge in [0.25, 0.3) is 5.91 Å². The van der Waals surface area contributed by atoms with E-state index in [2.05, 4.69) is 25.6 Å². The third-order valence-electron chi connectivity index (χ3n) is 6.83. The van der Waals surface area contributed by atoms with E-state index in [4.69, 9.17) is 16.3 Å². The maximum absolute atomic E-state index is 13.2. The normalized spacial score (nSPS) is 16.4. The fourth-order valence-corrected chi connectivity index (χ4v) is 4.93. The summed E-state index contributed by atoms with van der Waals surface area (Å²) >= 11 is 6.40. The van der Waals surface area contributed by atoms with Crippen molar-refractivity contribution in [1.82, 2.24) is 25.2 Å². The summed E-state index contributed by atoms with van der Waals surface area (Å²) in [6.07, 6.45) is -1.53. The van der Waals surface area contributed by atoms with Gasteiger partial charge in [-0.1, -0.05) is 29.8 Å². The molecule has 5 rings (SSSR count). The molecule has 2 aromatic heterocycles. The van der Waals surface area contributed by atoms with Gasteiger partial charge in [-0.2, -0.15) is 13.2 Å². The first-order valence-corrected chi connectivity index (χ1v) is 13.2. The van der Waals surface area contributed by atoms with Gasteiger partial charge in [-0.05, 0) is 36.6 Å². The molecule has 0 saturated carbocycles. The van der Waals surface area contributed by atoms with Crippen LogP contribution >= 0.6 is 11.6 Å². The first-order chi connectivity index (χ1) is 19.6. The molecule has 0 aliphatic carbocycles. The van der Waals surface area contributed by atoms with Gasteiger partial charge < -0.3 is 25.4 Å². The number of rotatable bonds is 8. The van der Waals surface area contributed by atoms with Gasteiger partial charge in [-0.25, -0.2) is 15.0 Å². The van der Waals surface area contributed by atoms with Crippen molar-refractivity contribution < 1.29 is 32.6 Å². The monoisotopic (exact) mass is 590 g/mol. The Bertz CT molecular complexity index is 1450. The number of pyridine rings is 1. The SMILES string of the molecule is O=C(CN1Cc2ccc(-c3nc(NC4CCOCC4)ncc3Cl)cc2C1=O)N[C@H](CO)c1cccc(C(F)(F)F)n1. The zero-order valence-electron chi connectivity index (χ0n) is 21.6. The number of hydrogen-bond donors (Lipinski definition) is 3. The minimum Gasteiger partial charge on any atom is -0.394 e. The van der Waals surface area contributed by atoms with Crippen molar-refractivity contribution in [3.8, 4) is 11.3 Å². The van der Waals surface area contributed by atoms with Crippen molar-refractivity contribution in [2.75, 3.05) is 31.7 Å². The summed E-state index contributed by atoms with van der Waals surface area (Å²) in [5.74, 6) is -0.650. The molecule has 0 bridgehead atoms. The Kier molecular flexibility index (Phi) is 8.38. The number of carbonyl (C=O) groups is 2. The molecule has 3 N–H and O–H groups in total. The van der Waals surface area contributed by atoms with Crippen LogP contribution < -0.4 is 10.6 Å². The number of anilines is 1. The van der Waals surface area contributed by atoms with Crippen LogP contribution in [0.4, 0.5) is 19.1 Å². The molecule has 10 nitrogen and oxygen atoms in total. The zero-order valence-corrected chi connectivity index (χ0v) is 22.4. The molecule has 14 heteroatoms. The standard InChI is InChI=1S/C27H26ClF3N6O4/c28-19-11-32-26(33-17-6-8-41-9-7-17)36-24(19)15-4-5-16-12-37(25(40)18(16)10-15)13-23(39)35-21(14-38)20-2-1-3-22(34-20)27(29,30)31/h1-5,10-11,17,21,38H,6-9,12-14H2,(H,35,39)(H,32,33,36)/t21-/m1/s1. The first kappa shape index (κ1) is 28.7. The number of hydrogen-bond acceptors (Lipinski definition) is 8. The van der Waals surface area contributed by atoms with Gasteiger partial charge in [-0.3, -0.25) is 9.59 Å². The Morgan fingerprint density at radius 1 is 1.20 bits per heavy atom. The number of nitrogens with zero attached hydrogens (tertiary/aromatic N) is 4. The molecule has 1 saturated heterocycles. The number of aromatic nitrogens is 3. The number of aliphatic hydroxyl groups is 1. The van der Waals surface area contributed by atoms with E-state index in [1.807, 2.05) is 0 Å². The van der Waals surface area contributed by atoms with Crippen LogP contribution in [0.25, 0.3) is 11.3 Å². The molecule has 1 fully saturated rings. The van der Waals surface area contributed by atoms with E-state index >= 15 is 0 Å². The van der Waals surface area contributed by atoms with Crippen molar-refractivity contribution >= 4 is 29.4 Å². The van der Waals surface area contributed by atoms with Gasteiger partial charge in [0.05, 0.1) is 35.3 Å². The van der Waals surface area contributed by atoms with Crippen LogP contribution in [0.15, 0.2) is 42.6 Å². The van der Waals surface area contributed by atoms with Crippen molar-refractivity contribution in [3.63, 3.8) is 0 Å². The second-order valence-electron chi connectivity index (χ2n) is 9.70. The van der Waals surface area contributed by atoms with Gasteiger partial charge in [0.2, 0.25) is 11.9 Å². The van der Waals surface area contributed by atoms with Crippen molar-refractivity contribution in [3.05, 3.63) is 70.1 Å². The number of benzene rings is 1. The third-order valence-corrected chi connectivity index (χ3v) is 7.11. The highest BCUT2D eigenvalue weighted by molar-refractivity contribution is 6.33. The summed E-state index contributed by atoms with van der Waals surface area (Å²) < 4.78 is 44.5. The van der Waals surface area contributed by atoms with Gasteiger partial charge >= 0.3 is 6.18 Å². The van der Waals surface area contributed by atoms with Crippen LogP contribution in [-0.4, -0.2) is 69.2 Å². The molecule has 1 atom stereocenters. The predicted octanol–water partition coefficient (Wildman–Crippen LogP) is 3.61. The van der Waals surface area contributed by atoms with E-state index in [1.165, 1.54) is 17.2 Å². The lowest BCUT2D eigenvalue weighted by Crippen LogP contribution is -2.40. The highest BCUT2D eigenvalue weighted by Crippen LogP contribution is 2.32. The molecular weight excluding hydrogens is 565 g/mol. The van der Waals surface area contributed by atoms with E-state index in [-0.39, 0.29) is 24.8 Å². The number of carbonyl (C=O) groups excluding carboxylic acids is 2. The fourth-order valence-electron chi connectivity index (χ4n) is 4.73. The fraction of sp³-hybridized carbons (Fsp3) is 0.370. The highest BCUT2D eigenvalue weighted by atomic mass is 35.5. The molecule has 2 aliphatic rings. The van der Waals surface area contributed by atoms with E-state index in [1.54, 1.807) is 18.2 Å². The number of alkyl halides is 3. The molecule has 3 aromatic rings. The van der Waals surface area contributed by atoms with Crippen LogP contribution in [0.3, 0.4) is 0 Å². The molecule has 216 valence electrons. The van der Waals surface area contributed by atoms with Crippen LogP contribution in [0.1, 0.15) is 46.2 Å². The predicted molar refractivity (Wildman–Crippen MR) is 142 cm³/mol. The zero-order chi connectivity index (χ0) is 29.1. The first-order valence-electron chi connectivity index (χ1n) is 12.9. The molecule has 1 aromatic carbocycles. The molecule has 0 unspecified atom stereocenters. The molecule has 0 radical (unpaired) electrons. The van der Waals surface area contributed by atoms with Gasteiger partial charge in [0.1, 0.15) is 12.2 Å². The summed E-state index contributed by atoms with van der Waals surface area (Å²) in [5.41, 5.74) is 0.824. The van der Waals surface area contributed by atoms with E-state index in [0.717, 1.165) is 25.0 Å². The Labute approximate surface area is 237 Å². The van der Waals surface area contributed by atoms with Gasteiger partial charge in [-0.15, -0.1) is 0 Å². The van der Waals surface area contributed by atoms with Crippen molar-refractivity contribution in [1.29, 1.82) is 0 Å². The lowest BCUT2D eigenvalue weighted by atomic mass is 10.0. The average molecular weight is 591 g/mol. The third kappa shape index (κ3) is 6.58. The molecule has 41 heavy (non-hydrogen) atoms. The van der Waals surface area contributed by atoms with Crippen LogP contribution in [0.2, 0.25) is 5.02 Å². The van der Waals surface area contributed by atoms with E-state index in [9.17, 15) is 27.9 Å². The largest absolute Gasteiger partial charge is 0.433 e. The Hall–Kier alpha value is -3.81. The van der Waals surface area contributed by atoms with Crippen molar-refractivity contribution in [2.24, 2.45) is 0 Å². The Balaban J connectivity index is 1.27. The molecular formula is C27H26ClF3N6O4. The Morgan fingerprint density at radius 3 is 2.71 bits per heavy atom. The minimum atomic E-state index is -4.68. The molecule has 0 spiro atoms. The molecule has 2 aliphatic heterocycles. The minimum absolute atomic E-state index is 0.149. The van der Waals surface area contributed by atoms with Crippen molar-refractivity contribution in [2.45, 2.75) is 37.6 Å². The van der Waals surface area contributed by atoms with Gasteiger partial charge in [0, 0.05) is 36.9 Å². The topological polar surface area (TPSA) is 130 Å². The number of nitrogens with one attached hydrogen (secondary N) is 2. The molecule has 2 amide bonds. The van der Waals surface area contributed by atoms with Crippen LogP contribution in [-0.2, 0) is 22.3 Å². The lowest BCUT2D eigenvalue weighted by Gasteiger charge is -2.23.